The van der Waals surface area contributed by atoms with Gasteiger partial charge < -0.3 is 4.57 Å². The van der Waals surface area contributed by atoms with Crippen molar-refractivity contribution in [3.8, 4) is 16.8 Å². The summed E-state index contributed by atoms with van der Waals surface area (Å²) in [5.74, 6) is 0. The zero-order chi connectivity index (χ0) is 27.2. The van der Waals surface area contributed by atoms with Gasteiger partial charge in [0, 0.05) is 16.5 Å². The first-order valence-electron chi connectivity index (χ1n) is 14.0. The highest BCUT2D eigenvalue weighted by molar-refractivity contribution is 6.09. The number of hydrogen-bond acceptors (Lipinski definition) is 0. The molecule has 0 N–H and O–H groups in total. The SMILES string of the molecule is C\C1=C(c2cccc(C)c2-c2ccccc2C)/C=C\C=C\c2cc(-n3c4ccccc4c4ccccc43)ccc21. The lowest BCUT2D eigenvalue weighted by Crippen LogP contribution is -1.99. The molecular weight excluding hydrogens is 482 g/mol. The van der Waals surface area contributed by atoms with Crippen molar-refractivity contribution in [3.63, 3.8) is 0 Å². The summed E-state index contributed by atoms with van der Waals surface area (Å²) >= 11 is 0. The Morgan fingerprint density at radius 3 is 1.88 bits per heavy atom. The van der Waals surface area contributed by atoms with Crippen molar-refractivity contribution >= 4 is 39.0 Å². The summed E-state index contributed by atoms with van der Waals surface area (Å²) < 4.78 is 2.39. The molecule has 0 fully saturated rings. The minimum Gasteiger partial charge on any atom is -0.309 e. The molecule has 7 rings (SSSR count). The molecule has 0 spiro atoms. The Morgan fingerprint density at radius 2 is 1.12 bits per heavy atom. The highest BCUT2D eigenvalue weighted by Gasteiger charge is 2.18. The van der Waals surface area contributed by atoms with Crippen LogP contribution in [0.15, 0.2) is 127 Å². The highest BCUT2D eigenvalue weighted by Crippen LogP contribution is 2.40. The van der Waals surface area contributed by atoms with Gasteiger partial charge in [-0.15, -0.1) is 0 Å². The van der Waals surface area contributed by atoms with E-state index in [0.717, 1.165) is 0 Å². The van der Waals surface area contributed by atoms with Gasteiger partial charge in [-0.05, 0) is 95.1 Å². The van der Waals surface area contributed by atoms with E-state index in [0.29, 0.717) is 0 Å². The summed E-state index contributed by atoms with van der Waals surface area (Å²) in [6.45, 7) is 6.69. The van der Waals surface area contributed by atoms with Crippen molar-refractivity contribution in [1.82, 2.24) is 4.57 Å². The molecular formula is C39H31N. The smallest absolute Gasteiger partial charge is 0.0541 e. The molecule has 40 heavy (non-hydrogen) atoms. The Balaban J connectivity index is 1.44. The topological polar surface area (TPSA) is 4.93 Å². The molecule has 0 radical (unpaired) electrons. The monoisotopic (exact) mass is 513 g/mol. The van der Waals surface area contributed by atoms with Crippen LogP contribution in [-0.2, 0) is 0 Å². The summed E-state index contributed by atoms with van der Waals surface area (Å²) in [5, 5.41) is 2.56. The standard InChI is InChI=1S/C39H31N/c1-26-13-4-6-16-31(26)39-27(2)14-12-20-36(39)33-17-7-5-15-29-25-30(23-24-32(29)28(33)3)40-37-21-10-8-18-34(37)35-19-9-11-22-38(35)40/h4-25H,1-3H3/b7-5?,15-5+,17-7-,29-15?,32-28?,33-17?,33-28-. The van der Waals surface area contributed by atoms with Gasteiger partial charge in [-0.1, -0.05) is 109 Å². The maximum Gasteiger partial charge on any atom is 0.0541 e. The summed E-state index contributed by atoms with van der Waals surface area (Å²) in [6.07, 6.45) is 8.86. The number of allylic oxidation sites excluding steroid dienone is 5. The summed E-state index contributed by atoms with van der Waals surface area (Å²) in [4.78, 5) is 0. The molecule has 192 valence electrons. The number of aromatic nitrogens is 1. The van der Waals surface area contributed by atoms with E-state index < -0.39 is 0 Å². The number of para-hydroxylation sites is 2. The predicted molar refractivity (Wildman–Crippen MR) is 173 cm³/mol. The van der Waals surface area contributed by atoms with Gasteiger partial charge >= 0.3 is 0 Å². The van der Waals surface area contributed by atoms with Crippen LogP contribution in [0.4, 0.5) is 0 Å². The van der Waals surface area contributed by atoms with E-state index >= 15 is 0 Å². The second-order valence-electron chi connectivity index (χ2n) is 10.7. The summed E-state index contributed by atoms with van der Waals surface area (Å²) in [6, 6.07) is 39.7. The molecule has 0 atom stereocenters. The molecule has 0 unspecified atom stereocenters. The molecule has 1 heterocycles. The van der Waals surface area contributed by atoms with Crippen molar-refractivity contribution in [1.29, 1.82) is 0 Å². The van der Waals surface area contributed by atoms with Gasteiger partial charge in [-0.3, -0.25) is 0 Å². The molecule has 0 aliphatic heterocycles. The van der Waals surface area contributed by atoms with E-state index in [4.69, 9.17) is 0 Å². The van der Waals surface area contributed by atoms with E-state index in [1.165, 1.54) is 77.6 Å². The summed E-state index contributed by atoms with van der Waals surface area (Å²) in [7, 11) is 0. The van der Waals surface area contributed by atoms with Gasteiger partial charge in [0.2, 0.25) is 0 Å². The molecule has 0 amide bonds. The third-order valence-corrected chi connectivity index (χ3v) is 8.31. The van der Waals surface area contributed by atoms with Crippen LogP contribution in [0.3, 0.4) is 0 Å². The number of rotatable bonds is 3. The lowest BCUT2D eigenvalue weighted by molar-refractivity contribution is 1.18. The fraction of sp³-hybridized carbons (Fsp3) is 0.0769. The quantitative estimate of drug-likeness (QED) is 0.222. The van der Waals surface area contributed by atoms with Crippen LogP contribution in [0.25, 0.3) is 55.8 Å². The van der Waals surface area contributed by atoms with Crippen LogP contribution in [0.2, 0.25) is 0 Å². The minimum atomic E-state index is 1.18. The van der Waals surface area contributed by atoms with Crippen LogP contribution in [0.5, 0.6) is 0 Å². The lowest BCUT2D eigenvalue weighted by atomic mass is 9.84. The largest absolute Gasteiger partial charge is 0.309 e. The van der Waals surface area contributed by atoms with Gasteiger partial charge in [-0.2, -0.15) is 0 Å². The van der Waals surface area contributed by atoms with Crippen molar-refractivity contribution in [2.24, 2.45) is 0 Å². The first-order chi connectivity index (χ1) is 19.6. The maximum atomic E-state index is 2.39. The molecule has 0 saturated carbocycles. The summed E-state index contributed by atoms with van der Waals surface area (Å²) in [5.41, 5.74) is 15.1. The third-order valence-electron chi connectivity index (χ3n) is 8.31. The Hall–Kier alpha value is -4.88. The Morgan fingerprint density at radius 1 is 0.500 bits per heavy atom. The number of aryl methyl sites for hydroxylation is 2. The maximum absolute atomic E-state index is 2.39. The fourth-order valence-corrected chi connectivity index (χ4v) is 6.35. The molecule has 5 aromatic carbocycles. The molecule has 1 aromatic heterocycles. The van der Waals surface area contributed by atoms with Crippen LogP contribution in [0.1, 0.15) is 34.7 Å². The van der Waals surface area contributed by atoms with Gasteiger partial charge in [0.25, 0.3) is 0 Å². The van der Waals surface area contributed by atoms with Gasteiger partial charge in [-0.25, -0.2) is 0 Å². The zero-order valence-electron chi connectivity index (χ0n) is 23.1. The van der Waals surface area contributed by atoms with Crippen molar-refractivity contribution in [3.05, 3.63) is 155 Å². The van der Waals surface area contributed by atoms with Crippen LogP contribution < -0.4 is 0 Å². The Labute approximate surface area is 236 Å². The van der Waals surface area contributed by atoms with Crippen molar-refractivity contribution in [2.75, 3.05) is 0 Å². The Bertz CT molecular complexity index is 1970. The number of nitrogens with zero attached hydrogens (tertiary/aromatic N) is 1. The first-order valence-corrected chi connectivity index (χ1v) is 14.0. The van der Waals surface area contributed by atoms with E-state index in [1.54, 1.807) is 0 Å². The highest BCUT2D eigenvalue weighted by atomic mass is 15.0. The predicted octanol–water partition coefficient (Wildman–Crippen LogP) is 10.6. The zero-order valence-corrected chi connectivity index (χ0v) is 23.1. The molecule has 1 aliphatic rings. The molecule has 0 saturated heterocycles. The van der Waals surface area contributed by atoms with E-state index in [2.05, 4.69) is 159 Å². The second-order valence-corrected chi connectivity index (χ2v) is 10.7. The average Bonchev–Trinajstić information content (AvgIpc) is 3.31. The molecule has 1 nitrogen and oxygen atoms in total. The second kappa shape index (κ2) is 9.70. The van der Waals surface area contributed by atoms with Crippen LogP contribution >= 0.6 is 0 Å². The van der Waals surface area contributed by atoms with Gasteiger partial charge in [0.15, 0.2) is 0 Å². The molecule has 0 bridgehead atoms. The molecule has 6 aromatic rings. The Kier molecular flexibility index (Phi) is 5.86. The minimum absolute atomic E-state index is 1.18. The van der Waals surface area contributed by atoms with E-state index in [1.807, 2.05) is 0 Å². The lowest BCUT2D eigenvalue weighted by Gasteiger charge is -2.20. The van der Waals surface area contributed by atoms with E-state index in [-0.39, 0.29) is 0 Å². The normalized spacial score (nSPS) is 16.5. The van der Waals surface area contributed by atoms with Crippen molar-refractivity contribution in [2.45, 2.75) is 20.8 Å². The van der Waals surface area contributed by atoms with Gasteiger partial charge in [0.1, 0.15) is 0 Å². The van der Waals surface area contributed by atoms with E-state index in [9.17, 15) is 0 Å². The first kappa shape index (κ1) is 24.2. The van der Waals surface area contributed by atoms with Crippen LogP contribution in [0, 0.1) is 13.8 Å². The average molecular weight is 514 g/mol. The number of benzene rings is 5. The molecule has 1 aliphatic carbocycles. The van der Waals surface area contributed by atoms with Gasteiger partial charge in [0.05, 0.1) is 11.0 Å². The third kappa shape index (κ3) is 3.86. The van der Waals surface area contributed by atoms with Crippen LogP contribution in [-0.4, -0.2) is 4.57 Å². The fourth-order valence-electron chi connectivity index (χ4n) is 6.35. The number of hydrogen-bond donors (Lipinski definition) is 0. The van der Waals surface area contributed by atoms with Crippen molar-refractivity contribution < 1.29 is 0 Å². The number of fused-ring (bicyclic) bond motifs is 4. The molecule has 1 heteroatoms.